The van der Waals surface area contributed by atoms with Crippen molar-refractivity contribution in [1.82, 2.24) is 5.32 Å². The highest BCUT2D eigenvalue weighted by atomic mass is 19.1. The van der Waals surface area contributed by atoms with Gasteiger partial charge >= 0.3 is 6.09 Å². The monoisotopic (exact) mass is 316 g/mol. The van der Waals surface area contributed by atoms with E-state index >= 15 is 0 Å². The quantitative estimate of drug-likeness (QED) is 0.906. The zero-order chi connectivity index (χ0) is 16.8. The zero-order valence-corrected chi connectivity index (χ0v) is 12.5. The normalized spacial score (nSPS) is 13.0. The van der Waals surface area contributed by atoms with Crippen molar-refractivity contribution < 1.29 is 18.7 Å². The van der Waals surface area contributed by atoms with Gasteiger partial charge in [0.05, 0.1) is 13.2 Å². The number of carbonyl (C=O) groups excluding carboxylic acids is 2. The predicted octanol–water partition coefficient (Wildman–Crippen LogP) is 2.17. The van der Waals surface area contributed by atoms with E-state index in [1.807, 2.05) is 30.3 Å². The lowest BCUT2D eigenvalue weighted by molar-refractivity contribution is -0.121. The summed E-state index contributed by atoms with van der Waals surface area (Å²) in [5.41, 5.74) is 7.51. The Kier molecular flexibility index (Phi) is 5.43. The molecule has 0 radical (unpaired) electrons. The van der Waals surface area contributed by atoms with Gasteiger partial charge in [-0.25, -0.2) is 9.18 Å². The van der Waals surface area contributed by atoms with Crippen molar-refractivity contribution >= 4 is 12.0 Å². The Morgan fingerprint density at radius 1 is 1.04 bits per heavy atom. The van der Waals surface area contributed by atoms with Gasteiger partial charge in [-0.1, -0.05) is 42.5 Å². The second kappa shape index (κ2) is 7.51. The van der Waals surface area contributed by atoms with Crippen LogP contribution in [0.2, 0.25) is 0 Å². The molecule has 23 heavy (non-hydrogen) atoms. The lowest BCUT2D eigenvalue weighted by Crippen LogP contribution is -2.47. The predicted molar refractivity (Wildman–Crippen MR) is 83.2 cm³/mol. The molecule has 0 saturated heterocycles. The van der Waals surface area contributed by atoms with Crippen LogP contribution in [0.3, 0.4) is 0 Å². The molecule has 0 aliphatic rings. The van der Waals surface area contributed by atoms with Gasteiger partial charge in [0.25, 0.3) is 0 Å². The molecular weight excluding hydrogens is 299 g/mol. The Morgan fingerprint density at radius 2 is 1.61 bits per heavy atom. The fraction of sp³-hybridized carbons (Fsp3) is 0.176. The van der Waals surface area contributed by atoms with Crippen LogP contribution in [0.25, 0.3) is 0 Å². The number of alkyl carbamates (subject to hydrolysis) is 1. The van der Waals surface area contributed by atoms with Crippen LogP contribution in [0.4, 0.5) is 9.18 Å². The van der Waals surface area contributed by atoms with Crippen LogP contribution in [0.5, 0.6) is 0 Å². The van der Waals surface area contributed by atoms with E-state index < -0.39 is 24.0 Å². The maximum absolute atomic E-state index is 13.2. The number of carbonyl (C=O) groups is 2. The summed E-state index contributed by atoms with van der Waals surface area (Å²) >= 11 is 0. The molecular formula is C17H17FN2O3. The highest BCUT2D eigenvalue weighted by molar-refractivity contribution is 5.95. The molecule has 0 aliphatic heterocycles. The van der Waals surface area contributed by atoms with Crippen LogP contribution in [-0.4, -0.2) is 25.2 Å². The Balaban J connectivity index is 2.35. The third-order valence-electron chi connectivity index (χ3n) is 3.46. The molecule has 0 fully saturated rings. The first kappa shape index (κ1) is 16.6. The number of benzene rings is 2. The minimum atomic E-state index is -1.04. The molecule has 2 amide bonds. The van der Waals surface area contributed by atoms with Gasteiger partial charge < -0.3 is 10.5 Å². The van der Waals surface area contributed by atoms with Crippen LogP contribution in [-0.2, 0) is 9.53 Å². The number of methoxy groups -OCH3 is 1. The lowest BCUT2D eigenvalue weighted by atomic mass is 9.85. The minimum Gasteiger partial charge on any atom is -0.453 e. The smallest absolute Gasteiger partial charge is 0.413 e. The maximum atomic E-state index is 13.2. The summed E-state index contributed by atoms with van der Waals surface area (Å²) in [7, 11) is 1.16. The molecule has 1 unspecified atom stereocenters. The highest BCUT2D eigenvalue weighted by Gasteiger charge is 2.28. The van der Waals surface area contributed by atoms with Gasteiger partial charge in [0.15, 0.2) is 0 Å². The molecule has 0 spiro atoms. The largest absolute Gasteiger partial charge is 0.453 e. The van der Waals surface area contributed by atoms with Gasteiger partial charge in [0.1, 0.15) is 5.82 Å². The van der Waals surface area contributed by atoms with Crippen molar-refractivity contribution in [3.05, 3.63) is 71.5 Å². The summed E-state index contributed by atoms with van der Waals surface area (Å²) in [5.74, 6) is -1.58. The number of ether oxygens (including phenoxy) is 1. The van der Waals surface area contributed by atoms with Gasteiger partial charge in [-0.3, -0.25) is 10.1 Å². The molecule has 0 aliphatic carbocycles. The molecule has 2 aromatic rings. The van der Waals surface area contributed by atoms with Gasteiger partial charge in [0.2, 0.25) is 5.91 Å². The fourth-order valence-electron chi connectivity index (χ4n) is 2.32. The Labute approximate surface area is 133 Å². The molecule has 0 bridgehead atoms. The Bertz CT molecular complexity index is 674. The van der Waals surface area contributed by atoms with Crippen LogP contribution in [0.15, 0.2) is 54.6 Å². The number of amides is 2. The second-order valence-corrected chi connectivity index (χ2v) is 4.95. The fourth-order valence-corrected chi connectivity index (χ4v) is 2.32. The van der Waals surface area contributed by atoms with E-state index in [4.69, 9.17) is 5.73 Å². The molecule has 3 N–H and O–H groups in total. The van der Waals surface area contributed by atoms with Crippen LogP contribution in [0, 0.1) is 5.82 Å². The molecule has 2 aromatic carbocycles. The summed E-state index contributed by atoms with van der Waals surface area (Å²) in [6.45, 7) is 0. The van der Waals surface area contributed by atoms with Gasteiger partial charge in [0, 0.05) is 5.92 Å². The number of imide groups is 1. The molecule has 0 aromatic heterocycles. The number of halogens is 1. The number of hydrogen-bond acceptors (Lipinski definition) is 4. The SMILES string of the molecule is COC(=O)NC(=O)[C@@H](N)C(c1ccccc1)c1ccc(F)cc1. The zero-order valence-electron chi connectivity index (χ0n) is 12.5. The Morgan fingerprint density at radius 3 is 2.17 bits per heavy atom. The van der Waals surface area contributed by atoms with Crippen molar-refractivity contribution in [1.29, 1.82) is 0 Å². The third kappa shape index (κ3) is 4.14. The minimum absolute atomic E-state index is 0.381. The van der Waals surface area contributed by atoms with E-state index in [9.17, 15) is 14.0 Å². The topological polar surface area (TPSA) is 81.4 Å². The van der Waals surface area contributed by atoms with Gasteiger partial charge in [-0.05, 0) is 23.3 Å². The average molecular weight is 316 g/mol. The molecule has 120 valence electrons. The highest BCUT2D eigenvalue weighted by Crippen LogP contribution is 2.27. The average Bonchev–Trinajstić information content (AvgIpc) is 2.57. The van der Waals surface area contributed by atoms with Crippen molar-refractivity contribution in [2.75, 3.05) is 7.11 Å². The summed E-state index contributed by atoms with van der Waals surface area (Å²) in [4.78, 5) is 23.4. The number of rotatable bonds is 4. The maximum Gasteiger partial charge on any atom is 0.413 e. The molecule has 5 nitrogen and oxygen atoms in total. The van der Waals surface area contributed by atoms with E-state index in [-0.39, 0.29) is 5.82 Å². The summed E-state index contributed by atoms with van der Waals surface area (Å²) < 4.78 is 17.6. The summed E-state index contributed by atoms with van der Waals surface area (Å²) in [6, 6.07) is 13.8. The van der Waals surface area contributed by atoms with Crippen molar-refractivity contribution in [3.8, 4) is 0 Å². The third-order valence-corrected chi connectivity index (χ3v) is 3.46. The summed E-state index contributed by atoms with van der Waals surface area (Å²) in [5, 5.41) is 2.06. The first-order valence-corrected chi connectivity index (χ1v) is 6.97. The van der Waals surface area contributed by atoms with Crippen molar-refractivity contribution in [2.45, 2.75) is 12.0 Å². The second-order valence-electron chi connectivity index (χ2n) is 4.95. The number of nitrogens with one attached hydrogen (secondary N) is 1. The summed E-state index contributed by atoms with van der Waals surface area (Å²) in [6.07, 6.45) is -0.878. The van der Waals surface area contributed by atoms with E-state index in [0.717, 1.165) is 12.7 Å². The van der Waals surface area contributed by atoms with Crippen molar-refractivity contribution in [2.24, 2.45) is 5.73 Å². The molecule has 2 rings (SSSR count). The number of nitrogens with two attached hydrogens (primary N) is 1. The lowest BCUT2D eigenvalue weighted by Gasteiger charge is -2.23. The molecule has 2 atom stereocenters. The van der Waals surface area contributed by atoms with E-state index in [1.165, 1.54) is 12.1 Å². The first-order valence-electron chi connectivity index (χ1n) is 6.97. The van der Waals surface area contributed by atoms with E-state index in [0.29, 0.717) is 5.56 Å². The standard InChI is InChI=1S/C17H17FN2O3/c1-23-17(22)20-16(21)15(19)14(11-5-3-2-4-6-11)12-7-9-13(18)10-8-12/h2-10,14-15H,19H2,1H3,(H,20,21,22)/t14?,15-/m0/s1. The van der Waals surface area contributed by atoms with E-state index in [2.05, 4.69) is 10.1 Å². The molecule has 0 heterocycles. The van der Waals surface area contributed by atoms with Gasteiger partial charge in [-0.2, -0.15) is 0 Å². The molecule has 6 heteroatoms. The van der Waals surface area contributed by atoms with Crippen LogP contribution < -0.4 is 11.1 Å². The van der Waals surface area contributed by atoms with E-state index in [1.54, 1.807) is 12.1 Å². The first-order chi connectivity index (χ1) is 11.0. The Hall–Kier alpha value is -2.73. The number of hydrogen-bond donors (Lipinski definition) is 2. The van der Waals surface area contributed by atoms with Crippen LogP contribution in [0.1, 0.15) is 17.0 Å². The van der Waals surface area contributed by atoms with Gasteiger partial charge in [-0.15, -0.1) is 0 Å². The molecule has 0 saturated carbocycles. The van der Waals surface area contributed by atoms with Crippen molar-refractivity contribution in [3.63, 3.8) is 0 Å². The van der Waals surface area contributed by atoms with Crippen LogP contribution >= 0.6 is 0 Å².